The Morgan fingerprint density at radius 3 is 2.61 bits per heavy atom. The molecule has 1 aliphatic rings. The lowest BCUT2D eigenvalue weighted by Crippen LogP contribution is -2.11. The second-order valence-corrected chi connectivity index (χ2v) is 4.38. The summed E-state index contributed by atoms with van der Waals surface area (Å²) in [5, 5.41) is 1.91. The van der Waals surface area contributed by atoms with E-state index in [9.17, 15) is 13.2 Å². The maximum Gasteiger partial charge on any atom is 0.389 e. The molecule has 0 amide bonds. The maximum atomic E-state index is 12.4. The van der Waals surface area contributed by atoms with E-state index in [1.165, 1.54) is 0 Å². The molecule has 0 fully saturated rings. The van der Waals surface area contributed by atoms with Crippen molar-refractivity contribution < 1.29 is 13.2 Å². The van der Waals surface area contributed by atoms with Crippen LogP contribution in [0.15, 0.2) is 29.3 Å². The normalized spacial score (nSPS) is 14.4. The molecule has 0 saturated heterocycles. The molecular weight excluding hydrogens is 241 g/mol. The molecule has 0 radical (unpaired) electrons. The van der Waals surface area contributed by atoms with E-state index in [1.54, 1.807) is 10.9 Å². The van der Waals surface area contributed by atoms with Gasteiger partial charge >= 0.3 is 6.18 Å². The van der Waals surface area contributed by atoms with Crippen molar-refractivity contribution >= 4 is 17.1 Å². The van der Waals surface area contributed by atoms with E-state index in [0.717, 1.165) is 16.5 Å². The van der Waals surface area contributed by atoms with Crippen molar-refractivity contribution in [2.24, 2.45) is 4.99 Å². The number of aromatic nitrogens is 1. The van der Waals surface area contributed by atoms with Gasteiger partial charge in [0.25, 0.3) is 0 Å². The fourth-order valence-corrected chi connectivity index (χ4v) is 2.43. The number of rotatable bonds is 2. The van der Waals surface area contributed by atoms with E-state index >= 15 is 0 Å². The summed E-state index contributed by atoms with van der Waals surface area (Å²) in [6.07, 6.45) is -3.30. The molecule has 0 unspecified atom stereocenters. The average molecular weight is 252 g/mol. The molecular formula is C13H11F3N2. The third-order valence-electron chi connectivity index (χ3n) is 3.21. The summed E-state index contributed by atoms with van der Waals surface area (Å²) in [7, 11) is 0. The van der Waals surface area contributed by atoms with E-state index in [1.807, 2.05) is 24.3 Å². The third-order valence-corrected chi connectivity index (χ3v) is 3.21. The van der Waals surface area contributed by atoms with Crippen LogP contribution in [-0.2, 0) is 13.0 Å². The summed E-state index contributed by atoms with van der Waals surface area (Å²) in [4.78, 5) is 4.12. The van der Waals surface area contributed by atoms with Crippen molar-refractivity contribution in [2.75, 3.05) is 0 Å². The summed E-state index contributed by atoms with van der Waals surface area (Å²) in [5.41, 5.74) is 1.70. The van der Waals surface area contributed by atoms with Gasteiger partial charge in [-0.15, -0.1) is 0 Å². The highest BCUT2D eigenvalue weighted by atomic mass is 19.4. The van der Waals surface area contributed by atoms with Crippen LogP contribution in [0.5, 0.6) is 0 Å². The largest absolute Gasteiger partial charge is 0.389 e. The molecule has 0 aliphatic carbocycles. The fraction of sp³-hybridized carbons (Fsp3) is 0.308. The Labute approximate surface area is 102 Å². The number of aliphatic imine (C=N–C) groups is 1. The first-order valence-corrected chi connectivity index (χ1v) is 5.73. The van der Waals surface area contributed by atoms with Gasteiger partial charge in [0.05, 0.1) is 18.6 Å². The summed E-state index contributed by atoms with van der Waals surface area (Å²) in [6, 6.07) is 7.56. The van der Waals surface area contributed by atoms with Gasteiger partial charge < -0.3 is 4.57 Å². The molecule has 0 atom stereocenters. The lowest BCUT2D eigenvalue weighted by atomic mass is 10.1. The fourth-order valence-electron chi connectivity index (χ4n) is 2.43. The number of nitrogens with zero attached hydrogens (tertiary/aromatic N) is 2. The first kappa shape index (κ1) is 11.3. The van der Waals surface area contributed by atoms with Gasteiger partial charge in [-0.3, -0.25) is 4.99 Å². The molecule has 2 nitrogen and oxygen atoms in total. The van der Waals surface area contributed by atoms with E-state index in [2.05, 4.69) is 4.99 Å². The van der Waals surface area contributed by atoms with Crippen LogP contribution in [-0.4, -0.2) is 17.1 Å². The van der Waals surface area contributed by atoms with Crippen LogP contribution < -0.4 is 0 Å². The molecule has 1 aromatic carbocycles. The summed E-state index contributed by atoms with van der Waals surface area (Å²) >= 11 is 0. The predicted octanol–water partition coefficient (Wildman–Crippen LogP) is 3.53. The second kappa shape index (κ2) is 3.86. The minimum Gasteiger partial charge on any atom is -0.306 e. The van der Waals surface area contributed by atoms with Gasteiger partial charge in [-0.1, -0.05) is 24.3 Å². The first-order valence-electron chi connectivity index (χ1n) is 5.73. The molecule has 2 aromatic rings. The Kier molecular flexibility index (Phi) is 2.43. The number of alkyl halides is 3. The highest BCUT2D eigenvalue weighted by Crippen LogP contribution is 2.31. The van der Waals surface area contributed by atoms with Crippen molar-refractivity contribution in [3.63, 3.8) is 0 Å². The molecule has 0 N–H and O–H groups in total. The number of benzene rings is 1. The molecule has 0 saturated carbocycles. The minimum atomic E-state index is -4.12. The van der Waals surface area contributed by atoms with Gasteiger partial charge in [-0.05, 0) is 6.42 Å². The topological polar surface area (TPSA) is 17.3 Å². The van der Waals surface area contributed by atoms with Gasteiger partial charge in [-0.25, -0.2) is 0 Å². The molecule has 1 aromatic heterocycles. The van der Waals surface area contributed by atoms with Crippen molar-refractivity contribution in [1.29, 1.82) is 0 Å². The smallest absolute Gasteiger partial charge is 0.306 e. The highest BCUT2D eigenvalue weighted by molar-refractivity contribution is 5.93. The van der Waals surface area contributed by atoms with Gasteiger partial charge in [0.15, 0.2) is 0 Å². The van der Waals surface area contributed by atoms with Crippen molar-refractivity contribution in [2.45, 2.75) is 25.6 Å². The third kappa shape index (κ3) is 1.79. The Morgan fingerprint density at radius 1 is 1.17 bits per heavy atom. The van der Waals surface area contributed by atoms with Gasteiger partial charge in [0.1, 0.15) is 0 Å². The lowest BCUT2D eigenvalue weighted by molar-refractivity contribution is -0.134. The molecule has 94 valence electrons. The van der Waals surface area contributed by atoms with Crippen molar-refractivity contribution in [3.8, 4) is 0 Å². The van der Waals surface area contributed by atoms with E-state index < -0.39 is 12.6 Å². The summed E-state index contributed by atoms with van der Waals surface area (Å²) in [5.74, 6) is 0. The van der Waals surface area contributed by atoms with E-state index in [4.69, 9.17) is 0 Å². The van der Waals surface area contributed by atoms with E-state index in [-0.39, 0.29) is 6.42 Å². The van der Waals surface area contributed by atoms with Crippen LogP contribution in [0, 0.1) is 0 Å². The van der Waals surface area contributed by atoms with Gasteiger partial charge in [-0.2, -0.15) is 13.2 Å². The molecule has 3 rings (SSSR count). The Balaban J connectivity index is 2.08. The van der Waals surface area contributed by atoms with Crippen LogP contribution in [0.25, 0.3) is 10.8 Å². The Morgan fingerprint density at radius 2 is 1.89 bits per heavy atom. The zero-order chi connectivity index (χ0) is 12.8. The number of hydrogen-bond acceptors (Lipinski definition) is 1. The quantitative estimate of drug-likeness (QED) is 0.778. The summed E-state index contributed by atoms with van der Waals surface area (Å²) < 4.78 is 38.9. The maximum absolute atomic E-state index is 12.4. The molecule has 0 bridgehead atoms. The monoisotopic (exact) mass is 252 g/mol. The van der Waals surface area contributed by atoms with Crippen molar-refractivity contribution in [3.05, 3.63) is 35.7 Å². The zero-order valence-electron chi connectivity index (χ0n) is 9.54. The number of hydrogen-bond donors (Lipinski definition) is 0. The minimum absolute atomic E-state index is 0.00394. The van der Waals surface area contributed by atoms with Crippen LogP contribution in [0.2, 0.25) is 0 Å². The van der Waals surface area contributed by atoms with Gasteiger partial charge in [0, 0.05) is 22.9 Å². The Bertz CT molecular complexity index is 623. The van der Waals surface area contributed by atoms with Crippen LogP contribution in [0.1, 0.15) is 17.8 Å². The second-order valence-electron chi connectivity index (χ2n) is 4.38. The average Bonchev–Trinajstić information content (AvgIpc) is 2.86. The number of halogens is 3. The van der Waals surface area contributed by atoms with Crippen LogP contribution in [0.4, 0.5) is 13.2 Å². The van der Waals surface area contributed by atoms with Crippen LogP contribution in [0.3, 0.4) is 0 Å². The van der Waals surface area contributed by atoms with Crippen molar-refractivity contribution in [1.82, 2.24) is 4.57 Å². The molecule has 0 spiro atoms. The molecule has 18 heavy (non-hydrogen) atoms. The van der Waals surface area contributed by atoms with Crippen LogP contribution >= 0.6 is 0 Å². The standard InChI is InChI=1S/C13H11F3N2/c14-13(15,16)6-5-11-9-3-1-2-4-10(9)12-7-17-8-18(11)12/h1-4,8H,5-7H2. The molecule has 2 heterocycles. The number of fused-ring (bicyclic) bond motifs is 3. The molecule has 1 aliphatic heterocycles. The first-order chi connectivity index (χ1) is 8.56. The Hall–Kier alpha value is -1.78. The number of aryl methyl sites for hydroxylation is 1. The van der Waals surface area contributed by atoms with E-state index in [0.29, 0.717) is 12.2 Å². The highest BCUT2D eigenvalue weighted by Gasteiger charge is 2.28. The lowest BCUT2D eigenvalue weighted by Gasteiger charge is -2.07. The summed E-state index contributed by atoms with van der Waals surface area (Å²) in [6.45, 7) is 0.548. The SMILES string of the molecule is FC(F)(F)CCc1c2ccccc2c2n1C=NC2. The molecule has 5 heteroatoms. The predicted molar refractivity (Wildman–Crippen MR) is 63.9 cm³/mol. The van der Waals surface area contributed by atoms with Gasteiger partial charge in [0.2, 0.25) is 0 Å². The zero-order valence-corrected chi connectivity index (χ0v) is 9.54.